The van der Waals surface area contributed by atoms with E-state index < -0.39 is 0 Å². The summed E-state index contributed by atoms with van der Waals surface area (Å²) >= 11 is 0. The van der Waals surface area contributed by atoms with Gasteiger partial charge in [-0.1, -0.05) is 12.8 Å². The predicted octanol–water partition coefficient (Wildman–Crippen LogP) is 1.93. The number of aliphatic hydroxyl groups excluding tert-OH is 1. The summed E-state index contributed by atoms with van der Waals surface area (Å²) in [6, 6.07) is 0.664. The summed E-state index contributed by atoms with van der Waals surface area (Å²) in [6.07, 6.45) is 9.64. The lowest BCUT2D eigenvalue weighted by Gasteiger charge is -2.45. The summed E-state index contributed by atoms with van der Waals surface area (Å²) in [5.74, 6) is 0. The third-order valence-electron chi connectivity index (χ3n) is 4.93. The molecule has 3 heteroatoms. The monoisotopic (exact) mass is 239 g/mol. The Hall–Kier alpha value is -0.120. The molecule has 0 amide bonds. The summed E-state index contributed by atoms with van der Waals surface area (Å²) in [4.78, 5) is 2.52. The molecule has 2 atom stereocenters. The van der Waals surface area contributed by atoms with Crippen molar-refractivity contribution in [2.75, 3.05) is 19.7 Å². The smallest absolute Gasteiger partial charge is 0.0697 e. The van der Waals surface area contributed by atoms with Gasteiger partial charge in [-0.25, -0.2) is 0 Å². The molecule has 2 saturated heterocycles. The molecule has 1 spiro atoms. The summed E-state index contributed by atoms with van der Waals surface area (Å²) in [5.41, 5.74) is 0.214. The Morgan fingerprint density at radius 2 is 1.94 bits per heavy atom. The van der Waals surface area contributed by atoms with E-state index in [2.05, 4.69) is 4.90 Å². The average Bonchev–Trinajstić information content (AvgIpc) is 2.77. The van der Waals surface area contributed by atoms with Crippen LogP contribution in [0.1, 0.15) is 51.4 Å². The molecular weight excluding hydrogens is 214 g/mol. The second kappa shape index (κ2) is 4.87. The van der Waals surface area contributed by atoms with Crippen molar-refractivity contribution in [2.45, 2.75) is 69.1 Å². The number of rotatable bonds is 1. The van der Waals surface area contributed by atoms with Crippen LogP contribution in [0.15, 0.2) is 0 Å². The van der Waals surface area contributed by atoms with Crippen LogP contribution in [0.2, 0.25) is 0 Å². The number of hydrogen-bond donors (Lipinski definition) is 1. The topological polar surface area (TPSA) is 32.7 Å². The first-order valence-corrected chi connectivity index (χ1v) is 7.34. The zero-order chi connectivity index (χ0) is 11.7. The molecule has 3 rings (SSSR count). The Kier molecular flexibility index (Phi) is 3.42. The van der Waals surface area contributed by atoms with Crippen LogP contribution in [-0.4, -0.2) is 47.4 Å². The minimum Gasteiger partial charge on any atom is -0.392 e. The van der Waals surface area contributed by atoms with E-state index in [1.54, 1.807) is 0 Å². The highest BCUT2D eigenvalue weighted by molar-refractivity contribution is 4.95. The summed E-state index contributed by atoms with van der Waals surface area (Å²) in [5, 5.41) is 9.79. The molecule has 0 aromatic heterocycles. The van der Waals surface area contributed by atoms with Gasteiger partial charge in [0, 0.05) is 19.2 Å². The van der Waals surface area contributed by atoms with Crippen LogP contribution < -0.4 is 0 Å². The number of aliphatic hydroxyl groups is 1. The predicted molar refractivity (Wildman–Crippen MR) is 67.0 cm³/mol. The van der Waals surface area contributed by atoms with Gasteiger partial charge in [0.2, 0.25) is 0 Å². The summed E-state index contributed by atoms with van der Waals surface area (Å²) < 4.78 is 6.09. The Morgan fingerprint density at radius 1 is 1.12 bits per heavy atom. The molecule has 2 unspecified atom stereocenters. The molecule has 1 saturated carbocycles. The lowest BCUT2D eigenvalue weighted by Crippen LogP contribution is -2.51. The third kappa shape index (κ3) is 2.51. The highest BCUT2D eigenvalue weighted by Crippen LogP contribution is 2.41. The van der Waals surface area contributed by atoms with Crippen LogP contribution in [0.25, 0.3) is 0 Å². The quantitative estimate of drug-likeness (QED) is 0.759. The maximum Gasteiger partial charge on any atom is 0.0697 e. The number of likely N-dealkylation sites (tertiary alicyclic amines) is 1. The van der Waals surface area contributed by atoms with E-state index in [4.69, 9.17) is 4.74 Å². The van der Waals surface area contributed by atoms with Gasteiger partial charge in [-0.3, -0.25) is 4.90 Å². The number of ether oxygens (including phenoxy) is 1. The van der Waals surface area contributed by atoms with Gasteiger partial charge < -0.3 is 9.84 Å². The van der Waals surface area contributed by atoms with Crippen LogP contribution in [-0.2, 0) is 4.74 Å². The van der Waals surface area contributed by atoms with Crippen molar-refractivity contribution in [3.63, 3.8) is 0 Å². The molecule has 3 fully saturated rings. The highest BCUT2D eigenvalue weighted by Gasteiger charge is 2.41. The minimum atomic E-state index is -0.0916. The Bertz CT molecular complexity index is 263. The molecule has 2 aliphatic heterocycles. The van der Waals surface area contributed by atoms with Gasteiger partial charge in [0.15, 0.2) is 0 Å². The van der Waals surface area contributed by atoms with Gasteiger partial charge in [-0.2, -0.15) is 0 Å². The Balaban J connectivity index is 1.62. The molecule has 1 N–H and O–H groups in total. The molecule has 3 aliphatic rings. The van der Waals surface area contributed by atoms with Gasteiger partial charge in [0.05, 0.1) is 11.7 Å². The number of piperidine rings is 1. The molecule has 0 aromatic carbocycles. The Labute approximate surface area is 104 Å². The van der Waals surface area contributed by atoms with Crippen molar-refractivity contribution in [1.82, 2.24) is 4.90 Å². The molecule has 0 radical (unpaired) electrons. The standard InChI is InChI=1S/C14H25NO2/c16-13-4-3-8-15(11-13)12-5-9-17-14(10-12)6-1-2-7-14/h12-13,16H,1-11H2. The largest absolute Gasteiger partial charge is 0.392 e. The first-order valence-electron chi connectivity index (χ1n) is 7.34. The second-order valence-electron chi connectivity index (χ2n) is 6.18. The van der Waals surface area contributed by atoms with E-state index >= 15 is 0 Å². The van der Waals surface area contributed by atoms with Gasteiger partial charge in [0.1, 0.15) is 0 Å². The fraction of sp³-hybridized carbons (Fsp3) is 1.00. The van der Waals surface area contributed by atoms with Crippen LogP contribution in [0, 0.1) is 0 Å². The third-order valence-corrected chi connectivity index (χ3v) is 4.93. The lowest BCUT2D eigenvalue weighted by molar-refractivity contribution is -0.108. The number of hydrogen-bond acceptors (Lipinski definition) is 3. The van der Waals surface area contributed by atoms with Crippen molar-refractivity contribution in [3.8, 4) is 0 Å². The lowest BCUT2D eigenvalue weighted by atomic mass is 9.87. The van der Waals surface area contributed by atoms with E-state index in [0.29, 0.717) is 6.04 Å². The molecule has 98 valence electrons. The SMILES string of the molecule is OC1CCCN(C2CCOC3(CCCC3)C2)C1. The molecule has 1 aliphatic carbocycles. The van der Waals surface area contributed by atoms with Crippen molar-refractivity contribution < 1.29 is 9.84 Å². The van der Waals surface area contributed by atoms with E-state index in [9.17, 15) is 5.11 Å². The van der Waals surface area contributed by atoms with Crippen LogP contribution >= 0.6 is 0 Å². The maximum atomic E-state index is 9.79. The van der Waals surface area contributed by atoms with Crippen LogP contribution in [0.4, 0.5) is 0 Å². The number of nitrogens with zero attached hydrogens (tertiary/aromatic N) is 1. The average molecular weight is 239 g/mol. The fourth-order valence-electron chi connectivity index (χ4n) is 4.00. The normalized spacial score (nSPS) is 38.6. The van der Waals surface area contributed by atoms with Gasteiger partial charge in [0.25, 0.3) is 0 Å². The van der Waals surface area contributed by atoms with Crippen molar-refractivity contribution >= 4 is 0 Å². The second-order valence-corrected chi connectivity index (χ2v) is 6.18. The molecule has 0 aromatic rings. The molecule has 0 bridgehead atoms. The van der Waals surface area contributed by atoms with Crippen LogP contribution in [0.5, 0.6) is 0 Å². The maximum absolute atomic E-state index is 9.79. The fourth-order valence-corrected chi connectivity index (χ4v) is 4.00. The van der Waals surface area contributed by atoms with E-state index in [0.717, 1.165) is 32.4 Å². The van der Waals surface area contributed by atoms with Crippen molar-refractivity contribution in [3.05, 3.63) is 0 Å². The highest BCUT2D eigenvalue weighted by atomic mass is 16.5. The summed E-state index contributed by atoms with van der Waals surface area (Å²) in [7, 11) is 0. The summed E-state index contributed by atoms with van der Waals surface area (Å²) in [6.45, 7) is 3.00. The van der Waals surface area contributed by atoms with E-state index in [1.165, 1.54) is 38.6 Å². The first-order chi connectivity index (χ1) is 8.27. The zero-order valence-corrected chi connectivity index (χ0v) is 10.7. The van der Waals surface area contributed by atoms with Gasteiger partial charge in [-0.05, 0) is 45.1 Å². The zero-order valence-electron chi connectivity index (χ0n) is 10.7. The van der Waals surface area contributed by atoms with Crippen molar-refractivity contribution in [2.24, 2.45) is 0 Å². The van der Waals surface area contributed by atoms with E-state index in [-0.39, 0.29) is 11.7 Å². The van der Waals surface area contributed by atoms with Crippen LogP contribution in [0.3, 0.4) is 0 Å². The van der Waals surface area contributed by atoms with Gasteiger partial charge in [-0.15, -0.1) is 0 Å². The first kappa shape index (κ1) is 11.9. The molecule has 17 heavy (non-hydrogen) atoms. The Morgan fingerprint density at radius 3 is 2.71 bits per heavy atom. The minimum absolute atomic E-state index is 0.0916. The van der Waals surface area contributed by atoms with E-state index in [1.807, 2.05) is 0 Å². The van der Waals surface area contributed by atoms with Crippen molar-refractivity contribution in [1.29, 1.82) is 0 Å². The molecule has 2 heterocycles. The molecular formula is C14H25NO2. The van der Waals surface area contributed by atoms with Gasteiger partial charge >= 0.3 is 0 Å². The molecule has 3 nitrogen and oxygen atoms in total. The number of β-amino-alcohol motifs (C(OH)–C–C–N with tert-alkyl or cyclic N) is 1.